The number of benzene rings is 1. The highest BCUT2D eigenvalue weighted by atomic mass is 32.2. The van der Waals surface area contributed by atoms with E-state index >= 15 is 0 Å². The van der Waals surface area contributed by atoms with Crippen LogP contribution < -0.4 is 16.2 Å². The highest BCUT2D eigenvalue weighted by Crippen LogP contribution is 2.35. The van der Waals surface area contributed by atoms with Gasteiger partial charge in [0.05, 0.1) is 17.2 Å². The van der Waals surface area contributed by atoms with Crippen LogP contribution in [0.4, 0.5) is 5.69 Å². The van der Waals surface area contributed by atoms with Crippen LogP contribution in [0.1, 0.15) is 27.8 Å². The molecule has 0 spiro atoms. The van der Waals surface area contributed by atoms with Gasteiger partial charge in [-0.15, -0.1) is 11.8 Å². The molecule has 0 radical (unpaired) electrons. The van der Waals surface area contributed by atoms with Gasteiger partial charge >= 0.3 is 5.91 Å². The van der Waals surface area contributed by atoms with E-state index in [9.17, 15) is 14.4 Å². The second kappa shape index (κ2) is 6.17. The lowest BCUT2D eigenvalue weighted by Gasteiger charge is -2.21. The number of carbonyl (C=O) groups excluding carboxylic acids is 3. The van der Waals surface area contributed by atoms with Crippen molar-refractivity contribution in [3.05, 3.63) is 47.9 Å². The molecule has 3 amide bonds. The third-order valence-electron chi connectivity index (χ3n) is 3.21. The maximum absolute atomic E-state index is 12.1. The van der Waals surface area contributed by atoms with Crippen molar-refractivity contribution in [1.29, 1.82) is 0 Å². The lowest BCUT2D eigenvalue weighted by molar-refractivity contribution is -0.115. The number of nitrogens with one attached hydrogen (secondary N) is 3. The average Bonchev–Trinajstić information content (AvgIpc) is 3.07. The number of thioether (sulfide) groups is 1. The van der Waals surface area contributed by atoms with Crippen molar-refractivity contribution in [1.82, 2.24) is 10.9 Å². The van der Waals surface area contributed by atoms with E-state index in [0.29, 0.717) is 11.3 Å². The van der Waals surface area contributed by atoms with Crippen LogP contribution in [0.15, 0.2) is 45.9 Å². The number of hydrazine groups is 1. The van der Waals surface area contributed by atoms with Crippen molar-refractivity contribution in [2.24, 2.45) is 0 Å². The van der Waals surface area contributed by atoms with E-state index in [4.69, 9.17) is 4.42 Å². The zero-order valence-corrected chi connectivity index (χ0v) is 12.9. The van der Waals surface area contributed by atoms with Crippen molar-refractivity contribution in [3.63, 3.8) is 0 Å². The highest BCUT2D eigenvalue weighted by molar-refractivity contribution is 8.00. The lowest BCUT2D eigenvalue weighted by Crippen LogP contribution is -2.41. The van der Waals surface area contributed by atoms with Crippen molar-refractivity contribution in [2.45, 2.75) is 17.1 Å². The molecule has 2 aromatic rings. The number of rotatable bonds is 2. The molecule has 1 aromatic heterocycles. The zero-order valence-electron chi connectivity index (χ0n) is 12.1. The van der Waals surface area contributed by atoms with Gasteiger partial charge in [-0.05, 0) is 37.3 Å². The van der Waals surface area contributed by atoms with Crippen molar-refractivity contribution in [3.8, 4) is 0 Å². The molecule has 0 saturated heterocycles. The summed E-state index contributed by atoms with van der Waals surface area (Å²) in [6.07, 6.45) is 1.36. The van der Waals surface area contributed by atoms with Crippen molar-refractivity contribution in [2.75, 3.05) is 5.32 Å². The van der Waals surface area contributed by atoms with Gasteiger partial charge in [-0.25, -0.2) is 0 Å². The molecule has 0 aliphatic carbocycles. The van der Waals surface area contributed by atoms with Crippen molar-refractivity contribution >= 4 is 35.2 Å². The number of hydrogen-bond acceptors (Lipinski definition) is 5. The molecule has 23 heavy (non-hydrogen) atoms. The Morgan fingerprint density at radius 3 is 2.74 bits per heavy atom. The van der Waals surface area contributed by atoms with E-state index < -0.39 is 11.8 Å². The first-order valence-corrected chi connectivity index (χ1v) is 7.68. The quantitative estimate of drug-likeness (QED) is 0.729. The fourth-order valence-electron chi connectivity index (χ4n) is 2.01. The number of amides is 3. The zero-order chi connectivity index (χ0) is 16.4. The predicted octanol–water partition coefficient (Wildman–Crippen LogP) is 1.79. The standard InChI is InChI=1S/C15H13N3O4S/c1-8-13(19)16-10-7-9(4-5-12(10)23-8)14(20)17-18-15(21)11-3-2-6-22-11/h2-8H,1H3,(H,16,19)(H,17,20)(H,18,21). The van der Waals surface area contributed by atoms with E-state index in [-0.39, 0.29) is 16.9 Å². The Morgan fingerprint density at radius 1 is 1.22 bits per heavy atom. The largest absolute Gasteiger partial charge is 0.459 e. The summed E-state index contributed by atoms with van der Waals surface area (Å²) in [5.74, 6) is -1.07. The first-order valence-electron chi connectivity index (χ1n) is 6.80. The maximum atomic E-state index is 12.1. The SMILES string of the molecule is CC1Sc2ccc(C(=O)NNC(=O)c3ccco3)cc2NC1=O. The number of hydrogen-bond donors (Lipinski definition) is 3. The fraction of sp³-hybridized carbons (Fsp3) is 0.133. The van der Waals surface area contributed by atoms with Crippen LogP contribution in [0.3, 0.4) is 0 Å². The topological polar surface area (TPSA) is 100 Å². The minimum Gasteiger partial charge on any atom is -0.459 e. The van der Waals surface area contributed by atoms with E-state index in [1.807, 2.05) is 6.92 Å². The summed E-state index contributed by atoms with van der Waals surface area (Å²) in [5, 5.41) is 2.58. The van der Waals surface area contributed by atoms with Crippen LogP contribution in [0.25, 0.3) is 0 Å². The van der Waals surface area contributed by atoms with Gasteiger partial charge in [0.2, 0.25) is 5.91 Å². The van der Waals surface area contributed by atoms with Gasteiger partial charge in [-0.2, -0.15) is 0 Å². The summed E-state index contributed by atoms with van der Waals surface area (Å²) in [5.41, 5.74) is 5.45. The smallest absolute Gasteiger partial charge is 0.305 e. The van der Waals surface area contributed by atoms with Crippen LogP contribution in [0, 0.1) is 0 Å². The van der Waals surface area contributed by atoms with Gasteiger partial charge in [-0.3, -0.25) is 25.2 Å². The second-order valence-electron chi connectivity index (χ2n) is 4.85. The highest BCUT2D eigenvalue weighted by Gasteiger charge is 2.23. The van der Waals surface area contributed by atoms with Crippen LogP contribution in [-0.4, -0.2) is 23.0 Å². The Kier molecular flexibility index (Phi) is 4.07. The Labute approximate surface area is 135 Å². The molecule has 8 heteroatoms. The van der Waals surface area contributed by atoms with Gasteiger partial charge in [-0.1, -0.05) is 0 Å². The Morgan fingerprint density at radius 2 is 2.00 bits per heavy atom. The Bertz CT molecular complexity index is 773. The molecular weight excluding hydrogens is 318 g/mol. The first-order chi connectivity index (χ1) is 11.0. The van der Waals surface area contributed by atoms with Gasteiger partial charge in [0.1, 0.15) is 0 Å². The van der Waals surface area contributed by atoms with Gasteiger partial charge in [0.25, 0.3) is 5.91 Å². The molecule has 1 aliphatic rings. The van der Waals surface area contributed by atoms with Crippen LogP contribution >= 0.6 is 11.8 Å². The normalized spacial score (nSPS) is 16.2. The monoisotopic (exact) mass is 331 g/mol. The molecule has 7 nitrogen and oxygen atoms in total. The van der Waals surface area contributed by atoms with Crippen LogP contribution in [0.5, 0.6) is 0 Å². The summed E-state index contributed by atoms with van der Waals surface area (Å²) >= 11 is 1.43. The molecule has 0 bridgehead atoms. The molecule has 2 heterocycles. The first kappa shape index (κ1) is 15.2. The third kappa shape index (κ3) is 3.21. The van der Waals surface area contributed by atoms with Crippen LogP contribution in [-0.2, 0) is 4.79 Å². The molecular formula is C15H13N3O4S. The fourth-order valence-corrected chi connectivity index (χ4v) is 2.94. The number of fused-ring (bicyclic) bond motifs is 1. The Hall–Kier alpha value is -2.74. The Balaban J connectivity index is 1.67. The van der Waals surface area contributed by atoms with E-state index in [1.54, 1.807) is 24.3 Å². The summed E-state index contributed by atoms with van der Waals surface area (Å²) in [6, 6.07) is 8.01. The summed E-state index contributed by atoms with van der Waals surface area (Å²) in [4.78, 5) is 36.3. The van der Waals surface area contributed by atoms with Gasteiger partial charge < -0.3 is 9.73 Å². The molecule has 1 aliphatic heterocycles. The summed E-state index contributed by atoms with van der Waals surface area (Å²) < 4.78 is 4.92. The lowest BCUT2D eigenvalue weighted by atomic mass is 10.2. The minimum atomic E-state index is -0.556. The molecule has 118 valence electrons. The van der Waals surface area contributed by atoms with Gasteiger partial charge in [0.15, 0.2) is 5.76 Å². The molecule has 1 atom stereocenters. The maximum Gasteiger partial charge on any atom is 0.305 e. The minimum absolute atomic E-state index is 0.0911. The average molecular weight is 331 g/mol. The number of carbonyl (C=O) groups is 3. The van der Waals surface area contributed by atoms with Crippen molar-refractivity contribution < 1.29 is 18.8 Å². The second-order valence-corrected chi connectivity index (χ2v) is 6.23. The van der Waals surface area contributed by atoms with E-state index in [2.05, 4.69) is 16.2 Å². The molecule has 0 saturated carbocycles. The molecule has 0 fully saturated rings. The number of anilines is 1. The summed E-state index contributed by atoms with van der Waals surface area (Å²) in [7, 11) is 0. The summed E-state index contributed by atoms with van der Waals surface area (Å²) in [6.45, 7) is 1.81. The number of furan rings is 1. The molecule has 1 aromatic carbocycles. The van der Waals surface area contributed by atoms with E-state index in [1.165, 1.54) is 24.1 Å². The molecule has 3 rings (SSSR count). The predicted molar refractivity (Wildman–Crippen MR) is 84.0 cm³/mol. The van der Waals surface area contributed by atoms with Crippen LogP contribution in [0.2, 0.25) is 0 Å². The third-order valence-corrected chi connectivity index (χ3v) is 4.38. The van der Waals surface area contributed by atoms with Gasteiger partial charge in [0, 0.05) is 10.5 Å². The molecule has 3 N–H and O–H groups in total. The van der Waals surface area contributed by atoms with E-state index in [0.717, 1.165) is 4.90 Å². The molecule has 1 unspecified atom stereocenters.